The van der Waals surface area contributed by atoms with E-state index in [1.807, 2.05) is 0 Å². The molecule has 1 rings (SSSR count). The molecule has 1 atom stereocenters. The number of aliphatic carboxylic acids is 1. The molecule has 1 aromatic rings. The molecule has 0 aliphatic carbocycles. The van der Waals surface area contributed by atoms with Gasteiger partial charge >= 0.3 is 5.97 Å². The molecule has 17 heavy (non-hydrogen) atoms. The van der Waals surface area contributed by atoms with Gasteiger partial charge in [-0.2, -0.15) is 0 Å². The number of carboxylic acid groups (broad SMARTS) is 1. The fraction of sp³-hybridized carbons (Fsp3) is 0.273. The summed E-state index contributed by atoms with van der Waals surface area (Å²) in [6.45, 7) is 1.36. The van der Waals surface area contributed by atoms with E-state index < -0.39 is 23.7 Å². The van der Waals surface area contributed by atoms with Crippen LogP contribution in [0.1, 0.15) is 17.3 Å². The lowest BCUT2D eigenvalue weighted by Crippen LogP contribution is -2.40. The van der Waals surface area contributed by atoms with Crippen LogP contribution >= 0.6 is 11.6 Å². The molecule has 0 bridgehead atoms. The van der Waals surface area contributed by atoms with Crippen molar-refractivity contribution in [1.29, 1.82) is 0 Å². The summed E-state index contributed by atoms with van der Waals surface area (Å²) >= 11 is 5.61. The molecular weight excluding hydrogens is 249 g/mol. The van der Waals surface area contributed by atoms with Crippen LogP contribution in [0.5, 0.6) is 0 Å². The van der Waals surface area contributed by atoms with Crippen LogP contribution in [0.4, 0.5) is 4.39 Å². The van der Waals surface area contributed by atoms with Gasteiger partial charge < -0.3 is 10.0 Å². The normalized spacial score (nSPS) is 12.0. The number of hydrogen-bond donors (Lipinski definition) is 1. The molecule has 0 aromatic heterocycles. The molecule has 0 heterocycles. The van der Waals surface area contributed by atoms with Crippen LogP contribution in [-0.4, -0.2) is 35.0 Å². The van der Waals surface area contributed by atoms with Gasteiger partial charge in [-0.3, -0.25) is 4.79 Å². The molecule has 0 aliphatic heterocycles. The Balaban J connectivity index is 3.00. The first-order valence-electron chi connectivity index (χ1n) is 4.79. The van der Waals surface area contributed by atoms with Crippen molar-refractivity contribution in [3.63, 3.8) is 0 Å². The highest BCUT2D eigenvalue weighted by Gasteiger charge is 2.23. The van der Waals surface area contributed by atoms with E-state index in [4.69, 9.17) is 16.7 Å². The molecule has 0 aliphatic rings. The van der Waals surface area contributed by atoms with Crippen molar-refractivity contribution in [2.45, 2.75) is 13.0 Å². The zero-order valence-electron chi connectivity index (χ0n) is 9.28. The third-order valence-corrected chi connectivity index (χ3v) is 2.59. The minimum absolute atomic E-state index is 0.0191. The number of likely N-dealkylation sites (N-methyl/N-ethyl adjacent to an activating group) is 1. The first kappa shape index (κ1) is 13.4. The van der Waals surface area contributed by atoms with Gasteiger partial charge in [-0.1, -0.05) is 11.6 Å². The second-order valence-corrected chi connectivity index (χ2v) is 4.02. The number of carbonyl (C=O) groups excluding carboxylic acids is 1. The van der Waals surface area contributed by atoms with Gasteiger partial charge in [0.15, 0.2) is 0 Å². The van der Waals surface area contributed by atoms with E-state index in [-0.39, 0.29) is 10.6 Å². The number of rotatable bonds is 3. The standard InChI is InChI=1S/C11H11ClFNO3/c1-6(11(16)17)14(2)10(15)7-3-8(12)5-9(13)4-7/h3-6H,1-2H3,(H,16,17). The molecule has 1 amide bonds. The predicted molar refractivity (Wildman–Crippen MR) is 60.6 cm³/mol. The lowest BCUT2D eigenvalue weighted by Gasteiger charge is -2.21. The lowest BCUT2D eigenvalue weighted by molar-refractivity contribution is -0.141. The van der Waals surface area contributed by atoms with Crippen LogP contribution in [-0.2, 0) is 4.79 Å². The largest absolute Gasteiger partial charge is 0.480 e. The van der Waals surface area contributed by atoms with Gasteiger partial charge in [0.2, 0.25) is 0 Å². The Morgan fingerprint density at radius 2 is 2.00 bits per heavy atom. The molecule has 0 saturated heterocycles. The fourth-order valence-corrected chi connectivity index (χ4v) is 1.44. The van der Waals surface area contributed by atoms with Crippen molar-refractivity contribution in [2.75, 3.05) is 7.05 Å². The number of amides is 1. The van der Waals surface area contributed by atoms with E-state index in [0.717, 1.165) is 17.0 Å². The third-order valence-electron chi connectivity index (χ3n) is 2.37. The van der Waals surface area contributed by atoms with Gasteiger partial charge in [-0.15, -0.1) is 0 Å². The Kier molecular flexibility index (Phi) is 4.07. The first-order chi connectivity index (χ1) is 7.82. The van der Waals surface area contributed by atoms with E-state index in [2.05, 4.69) is 0 Å². The van der Waals surface area contributed by atoms with Crippen LogP contribution in [0.2, 0.25) is 5.02 Å². The average Bonchev–Trinajstić information content (AvgIpc) is 2.24. The van der Waals surface area contributed by atoms with Crippen molar-refractivity contribution >= 4 is 23.5 Å². The maximum Gasteiger partial charge on any atom is 0.326 e. The van der Waals surface area contributed by atoms with Crippen LogP contribution in [0.3, 0.4) is 0 Å². The highest BCUT2D eigenvalue weighted by molar-refractivity contribution is 6.31. The molecule has 1 aromatic carbocycles. The summed E-state index contributed by atoms with van der Waals surface area (Å²) in [6, 6.07) is 2.38. The maximum atomic E-state index is 13.0. The summed E-state index contributed by atoms with van der Waals surface area (Å²) in [5.41, 5.74) is 0.0191. The summed E-state index contributed by atoms with van der Waals surface area (Å²) in [6.07, 6.45) is 0. The number of nitrogens with zero attached hydrogens (tertiary/aromatic N) is 1. The third kappa shape index (κ3) is 3.17. The van der Waals surface area contributed by atoms with Crippen molar-refractivity contribution in [2.24, 2.45) is 0 Å². The van der Waals surface area contributed by atoms with Gasteiger partial charge in [-0.05, 0) is 25.1 Å². The molecule has 92 valence electrons. The Morgan fingerprint density at radius 1 is 1.41 bits per heavy atom. The number of carboxylic acids is 1. The van der Waals surface area contributed by atoms with Crippen molar-refractivity contribution < 1.29 is 19.1 Å². The topological polar surface area (TPSA) is 57.6 Å². The molecular formula is C11H11ClFNO3. The van der Waals surface area contributed by atoms with Crippen LogP contribution < -0.4 is 0 Å². The van der Waals surface area contributed by atoms with Crippen molar-refractivity contribution in [3.05, 3.63) is 34.6 Å². The monoisotopic (exact) mass is 259 g/mol. The van der Waals surface area contributed by atoms with E-state index in [0.29, 0.717) is 0 Å². The Labute approximate surface area is 103 Å². The minimum Gasteiger partial charge on any atom is -0.480 e. The zero-order chi connectivity index (χ0) is 13.2. The van der Waals surface area contributed by atoms with E-state index in [1.54, 1.807) is 0 Å². The number of carbonyl (C=O) groups is 2. The maximum absolute atomic E-state index is 13.0. The summed E-state index contributed by atoms with van der Waals surface area (Å²) in [5, 5.41) is 8.85. The molecule has 0 saturated carbocycles. The Hall–Kier alpha value is -1.62. The van der Waals surface area contributed by atoms with Crippen LogP contribution in [0.25, 0.3) is 0 Å². The van der Waals surface area contributed by atoms with E-state index in [9.17, 15) is 14.0 Å². The summed E-state index contributed by atoms with van der Waals surface area (Å²) in [7, 11) is 1.33. The lowest BCUT2D eigenvalue weighted by atomic mass is 10.1. The van der Waals surface area contributed by atoms with Gasteiger partial charge in [0.25, 0.3) is 5.91 Å². The van der Waals surface area contributed by atoms with Crippen LogP contribution in [0, 0.1) is 5.82 Å². The quantitative estimate of drug-likeness (QED) is 0.904. The summed E-state index contributed by atoms with van der Waals surface area (Å²) in [4.78, 5) is 23.6. The molecule has 0 radical (unpaired) electrons. The molecule has 1 N–H and O–H groups in total. The molecule has 1 unspecified atom stereocenters. The van der Waals surface area contributed by atoms with Gasteiger partial charge in [0.1, 0.15) is 11.9 Å². The predicted octanol–water partition coefficient (Wildman–Crippen LogP) is 2.02. The summed E-state index contributed by atoms with van der Waals surface area (Å²) in [5.74, 6) is -2.37. The SMILES string of the molecule is CC(C(=O)O)N(C)C(=O)c1cc(F)cc(Cl)c1. The Morgan fingerprint density at radius 3 is 2.47 bits per heavy atom. The second-order valence-electron chi connectivity index (χ2n) is 3.59. The zero-order valence-corrected chi connectivity index (χ0v) is 10.0. The number of hydrogen-bond acceptors (Lipinski definition) is 2. The number of benzene rings is 1. The van der Waals surface area contributed by atoms with E-state index in [1.165, 1.54) is 20.0 Å². The average molecular weight is 260 g/mol. The molecule has 0 spiro atoms. The highest BCUT2D eigenvalue weighted by atomic mass is 35.5. The Bertz CT molecular complexity index is 444. The smallest absolute Gasteiger partial charge is 0.326 e. The molecule has 0 fully saturated rings. The molecule has 6 heteroatoms. The highest BCUT2D eigenvalue weighted by Crippen LogP contribution is 2.16. The summed E-state index contributed by atoms with van der Waals surface area (Å²) < 4.78 is 13.0. The minimum atomic E-state index is -1.14. The first-order valence-corrected chi connectivity index (χ1v) is 5.16. The second kappa shape index (κ2) is 5.14. The fourth-order valence-electron chi connectivity index (χ4n) is 1.22. The van der Waals surface area contributed by atoms with Crippen molar-refractivity contribution in [1.82, 2.24) is 4.90 Å². The van der Waals surface area contributed by atoms with E-state index >= 15 is 0 Å². The van der Waals surface area contributed by atoms with Gasteiger partial charge in [-0.25, -0.2) is 9.18 Å². The van der Waals surface area contributed by atoms with Gasteiger partial charge in [0.05, 0.1) is 0 Å². The van der Waals surface area contributed by atoms with Crippen LogP contribution in [0.15, 0.2) is 18.2 Å². The number of halogens is 2. The van der Waals surface area contributed by atoms with Gasteiger partial charge in [0, 0.05) is 17.6 Å². The van der Waals surface area contributed by atoms with Crippen molar-refractivity contribution in [3.8, 4) is 0 Å². The molecule has 4 nitrogen and oxygen atoms in total.